The van der Waals surface area contributed by atoms with Gasteiger partial charge in [-0.3, -0.25) is 9.59 Å². The summed E-state index contributed by atoms with van der Waals surface area (Å²) < 4.78 is 23.5. The highest BCUT2D eigenvalue weighted by Crippen LogP contribution is 2.58. The second-order valence-corrected chi connectivity index (χ2v) is 12.4. The van der Waals surface area contributed by atoms with Gasteiger partial charge in [0, 0.05) is 34.1 Å². The molecule has 0 bridgehead atoms. The summed E-state index contributed by atoms with van der Waals surface area (Å²) in [7, 11) is 0. The molecule has 1 saturated heterocycles. The van der Waals surface area contributed by atoms with Crippen LogP contribution in [0.1, 0.15) is 43.9 Å². The number of alkyl halides is 1. The Hall–Kier alpha value is -2.30. The fourth-order valence-electron chi connectivity index (χ4n) is 6.86. The smallest absolute Gasteiger partial charge is 0.264 e. The molecule has 0 saturated carbocycles. The number of aliphatic hydroxyl groups is 1. The lowest BCUT2D eigenvalue weighted by Crippen LogP contribution is -2.48. The fourth-order valence-corrected chi connectivity index (χ4v) is 7.35. The van der Waals surface area contributed by atoms with Crippen LogP contribution in [0.15, 0.2) is 55.1 Å². The Morgan fingerprint density at radius 3 is 2.66 bits per heavy atom. The minimum absolute atomic E-state index is 0.0726. The standard InChI is InChI=1S/C30H34FIN2O4/c1-5-12-33-24-11-10-21(32)14-23(24)30(28(33)37)18(2)27(29(3,4)31)25(38-30)15-26(36)34-16-20-9-7-6-8-19(20)13-22(34)17-35/h5-11,14,18,22,25,27,35H,1,12-13,15-17H2,2-4H3/t18-,22-,25+,27-,30+/m0/s1. The number of hydrogen-bond acceptors (Lipinski definition) is 4. The lowest BCUT2D eigenvalue weighted by molar-refractivity contribution is -0.151. The van der Waals surface area contributed by atoms with Gasteiger partial charge in [-0.15, -0.1) is 6.58 Å². The van der Waals surface area contributed by atoms with Crippen LogP contribution in [0, 0.1) is 15.4 Å². The second kappa shape index (κ2) is 10.0. The first-order valence-corrected chi connectivity index (χ1v) is 14.2. The van der Waals surface area contributed by atoms with Crippen LogP contribution >= 0.6 is 22.6 Å². The zero-order chi connectivity index (χ0) is 27.4. The molecule has 8 heteroatoms. The highest BCUT2D eigenvalue weighted by atomic mass is 127. The SMILES string of the molecule is C=CCN1C(=O)[C@]2(O[C@H](CC(=O)N3Cc4ccccc4C[C@H]3CO)[C@@H](C(C)(C)F)[C@@H]2C)c2cc(I)ccc21. The summed E-state index contributed by atoms with van der Waals surface area (Å²) in [5.74, 6) is -1.67. The van der Waals surface area contributed by atoms with Gasteiger partial charge in [0.05, 0.1) is 30.9 Å². The van der Waals surface area contributed by atoms with Crippen molar-refractivity contribution in [2.45, 2.75) is 63.6 Å². The van der Waals surface area contributed by atoms with Gasteiger partial charge in [-0.25, -0.2) is 4.39 Å². The predicted octanol–water partition coefficient (Wildman–Crippen LogP) is 4.75. The van der Waals surface area contributed by atoms with E-state index >= 15 is 4.39 Å². The molecule has 0 aliphatic carbocycles. The molecule has 3 aliphatic heterocycles. The normalized spacial score (nSPS) is 28.5. The van der Waals surface area contributed by atoms with Crippen molar-refractivity contribution in [2.24, 2.45) is 11.8 Å². The van der Waals surface area contributed by atoms with E-state index in [2.05, 4.69) is 29.2 Å². The first-order chi connectivity index (χ1) is 18.0. The van der Waals surface area contributed by atoms with Crippen LogP contribution in [0.4, 0.5) is 10.1 Å². The van der Waals surface area contributed by atoms with Gasteiger partial charge in [0.1, 0.15) is 5.67 Å². The first kappa shape index (κ1) is 27.3. The molecule has 38 heavy (non-hydrogen) atoms. The van der Waals surface area contributed by atoms with Crippen molar-refractivity contribution in [1.29, 1.82) is 0 Å². The van der Waals surface area contributed by atoms with Gasteiger partial charge in [-0.05, 0) is 72.2 Å². The van der Waals surface area contributed by atoms with E-state index in [1.165, 1.54) is 13.8 Å². The van der Waals surface area contributed by atoms with E-state index in [-0.39, 0.29) is 30.9 Å². The van der Waals surface area contributed by atoms with E-state index in [1.54, 1.807) is 15.9 Å². The molecule has 1 N–H and O–H groups in total. The molecular formula is C30H34FIN2O4. The summed E-state index contributed by atoms with van der Waals surface area (Å²) in [6, 6.07) is 13.3. The molecule has 6 nitrogen and oxygen atoms in total. The van der Waals surface area contributed by atoms with Gasteiger partial charge >= 0.3 is 0 Å². The molecule has 3 heterocycles. The molecule has 1 spiro atoms. The number of aliphatic hydroxyl groups excluding tert-OH is 1. The zero-order valence-electron chi connectivity index (χ0n) is 22.0. The van der Waals surface area contributed by atoms with Gasteiger partial charge in [0.15, 0.2) is 5.60 Å². The number of carbonyl (C=O) groups excluding carboxylic acids is 2. The van der Waals surface area contributed by atoms with E-state index < -0.39 is 29.2 Å². The summed E-state index contributed by atoms with van der Waals surface area (Å²) in [6.07, 6.45) is 1.34. The summed E-state index contributed by atoms with van der Waals surface area (Å²) in [5.41, 5.74) is 0.523. The number of rotatable bonds is 6. The maximum absolute atomic E-state index is 15.9. The van der Waals surface area contributed by atoms with Crippen molar-refractivity contribution in [3.8, 4) is 0 Å². The topological polar surface area (TPSA) is 70.1 Å². The molecule has 5 atom stereocenters. The average Bonchev–Trinajstić information content (AvgIpc) is 3.29. The molecule has 2 aromatic rings. The summed E-state index contributed by atoms with van der Waals surface area (Å²) >= 11 is 2.20. The Balaban J connectivity index is 1.51. The molecule has 2 amide bonds. The van der Waals surface area contributed by atoms with Crippen LogP contribution in [0.25, 0.3) is 0 Å². The third kappa shape index (κ3) is 4.29. The van der Waals surface area contributed by atoms with Crippen molar-refractivity contribution in [3.63, 3.8) is 0 Å². The third-order valence-electron chi connectivity index (χ3n) is 8.50. The average molecular weight is 633 g/mol. The van der Waals surface area contributed by atoms with E-state index in [9.17, 15) is 14.7 Å². The van der Waals surface area contributed by atoms with Gasteiger partial charge in [-0.1, -0.05) is 37.3 Å². The largest absolute Gasteiger partial charge is 0.394 e. The van der Waals surface area contributed by atoms with Crippen molar-refractivity contribution >= 4 is 40.1 Å². The Bertz CT molecular complexity index is 1280. The van der Waals surface area contributed by atoms with Crippen LogP contribution in [-0.4, -0.2) is 52.8 Å². The van der Waals surface area contributed by atoms with E-state index in [4.69, 9.17) is 4.74 Å². The molecule has 0 radical (unpaired) electrons. The maximum Gasteiger partial charge on any atom is 0.264 e. The lowest BCUT2D eigenvalue weighted by atomic mass is 9.71. The van der Waals surface area contributed by atoms with Crippen molar-refractivity contribution < 1.29 is 23.8 Å². The number of benzene rings is 2. The Kier molecular flexibility index (Phi) is 7.19. The Morgan fingerprint density at radius 2 is 2.00 bits per heavy atom. The minimum atomic E-state index is -1.70. The van der Waals surface area contributed by atoms with Gasteiger partial charge < -0.3 is 19.6 Å². The van der Waals surface area contributed by atoms with E-state index in [0.717, 1.165) is 20.4 Å². The molecule has 3 aliphatic rings. The quantitative estimate of drug-likeness (QED) is 0.369. The zero-order valence-corrected chi connectivity index (χ0v) is 24.2. The number of nitrogens with zero attached hydrogens (tertiary/aromatic N) is 2. The molecule has 2 aromatic carbocycles. The number of halogens is 2. The van der Waals surface area contributed by atoms with Gasteiger partial charge in [-0.2, -0.15) is 0 Å². The van der Waals surface area contributed by atoms with Crippen LogP contribution in [0.2, 0.25) is 0 Å². The monoisotopic (exact) mass is 632 g/mol. The van der Waals surface area contributed by atoms with Crippen molar-refractivity contribution in [3.05, 3.63) is 75.4 Å². The van der Waals surface area contributed by atoms with Gasteiger partial charge in [0.2, 0.25) is 5.91 Å². The number of ether oxygens (including phenoxy) is 1. The maximum atomic E-state index is 15.9. The van der Waals surface area contributed by atoms with Crippen LogP contribution in [0.3, 0.4) is 0 Å². The summed E-state index contributed by atoms with van der Waals surface area (Å²) in [5, 5.41) is 10.1. The second-order valence-electron chi connectivity index (χ2n) is 11.2. The number of fused-ring (bicyclic) bond motifs is 3. The van der Waals surface area contributed by atoms with Gasteiger partial charge in [0.25, 0.3) is 5.91 Å². The fraction of sp³-hybridized carbons (Fsp3) is 0.467. The van der Waals surface area contributed by atoms with Crippen LogP contribution in [0.5, 0.6) is 0 Å². The number of anilines is 1. The van der Waals surface area contributed by atoms with E-state index in [0.29, 0.717) is 25.1 Å². The highest BCUT2D eigenvalue weighted by Gasteiger charge is 2.66. The molecule has 0 aromatic heterocycles. The number of hydrogen-bond donors (Lipinski definition) is 1. The van der Waals surface area contributed by atoms with E-state index in [1.807, 2.05) is 49.4 Å². The Morgan fingerprint density at radius 1 is 1.29 bits per heavy atom. The number of amides is 2. The molecular weight excluding hydrogens is 598 g/mol. The molecule has 0 unspecified atom stereocenters. The van der Waals surface area contributed by atoms with Crippen LogP contribution < -0.4 is 4.90 Å². The third-order valence-corrected chi connectivity index (χ3v) is 9.17. The molecule has 202 valence electrons. The Labute approximate surface area is 237 Å². The summed E-state index contributed by atoms with van der Waals surface area (Å²) in [6.45, 7) is 9.19. The summed E-state index contributed by atoms with van der Waals surface area (Å²) in [4.78, 5) is 31.1. The lowest BCUT2D eigenvalue weighted by Gasteiger charge is -2.37. The molecule has 5 rings (SSSR count). The predicted molar refractivity (Wildman–Crippen MR) is 152 cm³/mol. The van der Waals surface area contributed by atoms with Crippen molar-refractivity contribution in [2.75, 3.05) is 18.1 Å². The van der Waals surface area contributed by atoms with Crippen LogP contribution in [-0.2, 0) is 32.9 Å². The van der Waals surface area contributed by atoms with Crippen molar-refractivity contribution in [1.82, 2.24) is 4.90 Å². The number of carbonyl (C=O) groups is 2. The highest BCUT2D eigenvalue weighted by molar-refractivity contribution is 14.1. The first-order valence-electron chi connectivity index (χ1n) is 13.1. The minimum Gasteiger partial charge on any atom is -0.394 e. The molecule has 1 fully saturated rings.